The molecule has 1 aliphatic rings. The molecule has 0 saturated carbocycles. The van der Waals surface area contributed by atoms with Crippen molar-refractivity contribution in [1.82, 2.24) is 9.88 Å². The van der Waals surface area contributed by atoms with E-state index in [-0.39, 0.29) is 24.6 Å². The van der Waals surface area contributed by atoms with Gasteiger partial charge in [-0.3, -0.25) is 4.79 Å². The quantitative estimate of drug-likeness (QED) is 0.602. The highest BCUT2D eigenvalue weighted by molar-refractivity contribution is 7.16. The zero-order chi connectivity index (χ0) is 16.0. The molecule has 0 atom stereocenters. The predicted molar refractivity (Wildman–Crippen MR) is 82.5 cm³/mol. The van der Waals surface area contributed by atoms with E-state index in [0.29, 0.717) is 9.34 Å². The molecule has 8 heteroatoms. The fraction of sp³-hybridized carbons (Fsp3) is 0.615. The Kier molecular flexibility index (Phi) is 4.26. The van der Waals surface area contributed by atoms with Gasteiger partial charge in [0.2, 0.25) is 0 Å². The summed E-state index contributed by atoms with van der Waals surface area (Å²) < 4.78 is 5.60. The van der Waals surface area contributed by atoms with Crippen LogP contribution in [0.15, 0.2) is 0 Å². The number of thiazole rings is 1. The lowest BCUT2D eigenvalue weighted by atomic mass is 10.0. The molecule has 1 fully saturated rings. The number of likely N-dealkylation sites (tertiary alicyclic amines) is 1. The lowest BCUT2D eigenvalue weighted by Crippen LogP contribution is -2.59. The number of carbonyl (C=O) groups excluding carboxylic acids is 2. The highest BCUT2D eigenvalue weighted by Gasteiger charge is 2.49. The number of alkyl halides is 1. The van der Waals surface area contributed by atoms with Crippen molar-refractivity contribution >= 4 is 46.4 Å². The van der Waals surface area contributed by atoms with Gasteiger partial charge in [-0.25, -0.2) is 9.78 Å². The highest BCUT2D eigenvalue weighted by atomic mass is 35.5. The van der Waals surface area contributed by atoms with E-state index in [2.05, 4.69) is 4.98 Å². The normalized spacial score (nSPS) is 17.3. The van der Waals surface area contributed by atoms with Gasteiger partial charge in [-0.15, -0.1) is 22.9 Å². The van der Waals surface area contributed by atoms with Crippen LogP contribution in [0, 0.1) is 0 Å². The van der Waals surface area contributed by atoms with E-state index in [0.717, 1.165) is 0 Å². The number of rotatable bonds is 2. The molecule has 0 bridgehead atoms. The molecule has 0 spiro atoms. The third-order valence-electron chi connectivity index (χ3n) is 2.84. The molecule has 0 aliphatic carbocycles. The monoisotopic (exact) mass is 350 g/mol. The fourth-order valence-corrected chi connectivity index (χ4v) is 3.61. The first-order chi connectivity index (χ1) is 9.52. The van der Waals surface area contributed by atoms with Gasteiger partial charge in [-0.2, -0.15) is 0 Å². The highest BCUT2D eigenvalue weighted by Crippen LogP contribution is 2.43. The van der Waals surface area contributed by atoms with Crippen LogP contribution in [0.25, 0.3) is 0 Å². The Labute approximate surface area is 137 Å². The Bertz CT molecular complexity index is 589. The van der Waals surface area contributed by atoms with Gasteiger partial charge in [0, 0.05) is 6.92 Å². The first-order valence-corrected chi connectivity index (χ1v) is 7.94. The molecule has 1 aromatic heterocycles. The van der Waals surface area contributed by atoms with Crippen LogP contribution in [0.4, 0.5) is 4.79 Å². The second-order valence-corrected chi connectivity index (χ2v) is 8.32. The summed E-state index contributed by atoms with van der Waals surface area (Å²) in [5.74, 6) is -0.203. The number of carbonyl (C=O) groups is 2. The van der Waals surface area contributed by atoms with Gasteiger partial charge >= 0.3 is 6.09 Å². The zero-order valence-electron chi connectivity index (χ0n) is 12.2. The molecule has 0 radical (unpaired) electrons. The summed E-state index contributed by atoms with van der Waals surface area (Å²) in [5, 5.41) is 0.555. The van der Waals surface area contributed by atoms with Crippen LogP contribution in [-0.4, -0.2) is 40.5 Å². The number of ether oxygens (including phenoxy) is 1. The SMILES string of the molecule is CC(=O)c1nc(C2(Cl)CN(C(=O)OC(C)(C)C)C2)sc1Cl. The average molecular weight is 351 g/mol. The first kappa shape index (κ1) is 16.5. The molecule has 1 aliphatic heterocycles. The maximum atomic E-state index is 11.9. The second kappa shape index (κ2) is 5.41. The Hall–Kier alpha value is -0.850. The van der Waals surface area contributed by atoms with E-state index in [1.807, 2.05) is 0 Å². The predicted octanol–water partition coefficient (Wildman–Crippen LogP) is 3.68. The van der Waals surface area contributed by atoms with E-state index in [9.17, 15) is 9.59 Å². The minimum atomic E-state index is -0.793. The first-order valence-electron chi connectivity index (χ1n) is 6.36. The van der Waals surface area contributed by atoms with Crippen molar-refractivity contribution in [3.05, 3.63) is 15.0 Å². The zero-order valence-corrected chi connectivity index (χ0v) is 14.5. The van der Waals surface area contributed by atoms with E-state index < -0.39 is 16.6 Å². The van der Waals surface area contributed by atoms with Gasteiger partial charge in [-0.05, 0) is 20.8 Å². The minimum absolute atomic E-state index is 0.203. The van der Waals surface area contributed by atoms with Crippen LogP contribution in [0.5, 0.6) is 0 Å². The summed E-state index contributed by atoms with van der Waals surface area (Å²) in [6.07, 6.45) is -0.409. The van der Waals surface area contributed by atoms with Crippen LogP contribution in [-0.2, 0) is 9.61 Å². The molecule has 5 nitrogen and oxygen atoms in total. The van der Waals surface area contributed by atoms with Crippen molar-refractivity contribution in [2.24, 2.45) is 0 Å². The van der Waals surface area contributed by atoms with Gasteiger partial charge in [0.05, 0.1) is 13.1 Å². The maximum Gasteiger partial charge on any atom is 0.410 e. The van der Waals surface area contributed by atoms with Crippen molar-refractivity contribution in [1.29, 1.82) is 0 Å². The maximum absolute atomic E-state index is 11.9. The van der Waals surface area contributed by atoms with Crippen LogP contribution in [0.3, 0.4) is 0 Å². The van der Waals surface area contributed by atoms with E-state index in [1.165, 1.54) is 23.2 Å². The molecular formula is C13H16Cl2N2O3S. The van der Waals surface area contributed by atoms with Crippen molar-refractivity contribution in [2.45, 2.75) is 38.2 Å². The molecule has 116 valence electrons. The van der Waals surface area contributed by atoms with Gasteiger partial charge in [0.1, 0.15) is 25.5 Å². The van der Waals surface area contributed by atoms with Crippen molar-refractivity contribution in [3.63, 3.8) is 0 Å². The van der Waals surface area contributed by atoms with Crippen molar-refractivity contribution < 1.29 is 14.3 Å². The second-order valence-electron chi connectivity index (χ2n) is 6.00. The summed E-state index contributed by atoms with van der Waals surface area (Å²) in [5.41, 5.74) is -0.319. The number of halogens is 2. The number of hydrogen-bond donors (Lipinski definition) is 0. The molecule has 1 saturated heterocycles. The van der Waals surface area contributed by atoms with Crippen LogP contribution in [0.2, 0.25) is 4.34 Å². The molecule has 2 heterocycles. The van der Waals surface area contributed by atoms with Gasteiger partial charge in [0.25, 0.3) is 0 Å². The fourth-order valence-electron chi connectivity index (χ4n) is 1.86. The molecule has 0 N–H and O–H groups in total. The number of nitrogens with zero attached hydrogens (tertiary/aromatic N) is 2. The summed E-state index contributed by atoms with van der Waals surface area (Å²) in [6.45, 7) is 7.38. The third-order valence-corrected chi connectivity index (χ3v) is 4.83. The Morgan fingerprint density at radius 1 is 1.38 bits per heavy atom. The number of amides is 1. The lowest BCUT2D eigenvalue weighted by Gasteiger charge is -2.44. The van der Waals surface area contributed by atoms with Gasteiger partial charge in [0.15, 0.2) is 5.78 Å². The summed E-state index contributed by atoms with van der Waals surface area (Å²) in [7, 11) is 0. The number of aromatic nitrogens is 1. The average Bonchev–Trinajstić information content (AvgIpc) is 2.65. The van der Waals surface area contributed by atoms with E-state index in [1.54, 1.807) is 20.8 Å². The standard InChI is InChI=1S/C13H16Cl2N2O3S/c1-7(18)8-9(14)21-10(16-8)13(15)5-17(6-13)11(19)20-12(2,3)4/h5-6H2,1-4H3. The Balaban J connectivity index is 2.06. The number of hydrogen-bond acceptors (Lipinski definition) is 5. The van der Waals surface area contributed by atoms with Crippen molar-refractivity contribution in [2.75, 3.05) is 13.1 Å². The largest absolute Gasteiger partial charge is 0.444 e. The summed E-state index contributed by atoms with van der Waals surface area (Å²) in [4.78, 5) is 28.2. The Morgan fingerprint density at radius 2 is 1.95 bits per heavy atom. The molecule has 1 aromatic rings. The molecule has 2 rings (SSSR count). The lowest BCUT2D eigenvalue weighted by molar-refractivity contribution is 0.00314. The molecule has 1 amide bonds. The van der Waals surface area contributed by atoms with Gasteiger partial charge < -0.3 is 9.64 Å². The van der Waals surface area contributed by atoms with Crippen LogP contribution in [0.1, 0.15) is 43.2 Å². The molecule has 0 unspecified atom stereocenters. The third kappa shape index (κ3) is 3.49. The van der Waals surface area contributed by atoms with Crippen LogP contribution < -0.4 is 0 Å². The van der Waals surface area contributed by atoms with Crippen molar-refractivity contribution in [3.8, 4) is 0 Å². The molecular weight excluding hydrogens is 335 g/mol. The van der Waals surface area contributed by atoms with Gasteiger partial charge in [-0.1, -0.05) is 11.6 Å². The molecule has 21 heavy (non-hydrogen) atoms. The number of Topliss-reactive ketones (excluding diaryl/α,β-unsaturated/α-hetero) is 1. The summed E-state index contributed by atoms with van der Waals surface area (Å²) >= 11 is 13.6. The Morgan fingerprint density at radius 3 is 2.38 bits per heavy atom. The number of ketones is 1. The van der Waals surface area contributed by atoms with Crippen LogP contribution >= 0.6 is 34.5 Å². The summed E-state index contributed by atoms with van der Waals surface area (Å²) in [6, 6.07) is 0. The molecule has 0 aromatic carbocycles. The topological polar surface area (TPSA) is 59.5 Å². The van der Waals surface area contributed by atoms with E-state index >= 15 is 0 Å². The smallest absolute Gasteiger partial charge is 0.410 e. The van der Waals surface area contributed by atoms with E-state index in [4.69, 9.17) is 27.9 Å². The minimum Gasteiger partial charge on any atom is -0.444 e.